The molecule has 0 aromatic carbocycles. The molecule has 0 saturated heterocycles. The van der Waals surface area contributed by atoms with Crippen LogP contribution >= 0.6 is 0 Å². The quantitative estimate of drug-likeness (QED) is 0.719. The molecule has 1 saturated carbocycles. The fourth-order valence-corrected chi connectivity index (χ4v) is 3.72. The Hall–Kier alpha value is -1.10. The lowest BCUT2D eigenvalue weighted by molar-refractivity contribution is -0.141. The molecule has 1 amide bonds. The van der Waals surface area contributed by atoms with Gasteiger partial charge in [-0.1, -0.05) is 27.7 Å². The van der Waals surface area contributed by atoms with Crippen LogP contribution in [0.2, 0.25) is 0 Å². The number of rotatable bonds is 5. The van der Waals surface area contributed by atoms with Gasteiger partial charge in [0.05, 0.1) is 0 Å². The predicted molar refractivity (Wildman–Crippen MR) is 78.4 cm³/mol. The molecular weight excluding hydrogens is 256 g/mol. The molecular formula is C15H28N2O3. The van der Waals surface area contributed by atoms with Crippen LogP contribution < -0.4 is 10.6 Å². The van der Waals surface area contributed by atoms with Crippen LogP contribution in [-0.2, 0) is 9.59 Å². The maximum absolute atomic E-state index is 11.1. The molecule has 1 atom stereocenters. The highest BCUT2D eigenvalue weighted by Gasteiger charge is 2.38. The van der Waals surface area contributed by atoms with Crippen LogP contribution in [-0.4, -0.2) is 35.6 Å². The van der Waals surface area contributed by atoms with Crippen molar-refractivity contribution in [1.82, 2.24) is 10.6 Å². The van der Waals surface area contributed by atoms with Gasteiger partial charge < -0.3 is 15.7 Å². The molecule has 0 spiro atoms. The third-order valence-electron chi connectivity index (χ3n) is 3.84. The number of carbonyl (C=O) groups is 2. The molecule has 0 aromatic heterocycles. The molecule has 0 aliphatic heterocycles. The van der Waals surface area contributed by atoms with Crippen LogP contribution in [0.5, 0.6) is 0 Å². The molecule has 0 radical (unpaired) electrons. The van der Waals surface area contributed by atoms with Gasteiger partial charge in [-0.25, -0.2) is 4.79 Å². The first kappa shape index (κ1) is 17.0. The summed E-state index contributed by atoms with van der Waals surface area (Å²) in [5.41, 5.74) is 0.512. The van der Waals surface area contributed by atoms with E-state index in [4.69, 9.17) is 5.11 Å². The van der Waals surface area contributed by atoms with E-state index >= 15 is 0 Å². The molecule has 1 fully saturated rings. The number of carboxylic acid groups (broad SMARTS) is 1. The Morgan fingerprint density at radius 1 is 1.20 bits per heavy atom. The van der Waals surface area contributed by atoms with E-state index in [-0.39, 0.29) is 23.3 Å². The van der Waals surface area contributed by atoms with Gasteiger partial charge in [-0.15, -0.1) is 0 Å². The second kappa shape index (κ2) is 6.12. The highest BCUT2D eigenvalue weighted by atomic mass is 16.4. The zero-order valence-electron chi connectivity index (χ0n) is 13.2. The average molecular weight is 284 g/mol. The van der Waals surface area contributed by atoms with Crippen molar-refractivity contribution in [1.29, 1.82) is 0 Å². The third-order valence-corrected chi connectivity index (χ3v) is 3.84. The summed E-state index contributed by atoms with van der Waals surface area (Å²) < 4.78 is 0. The summed E-state index contributed by atoms with van der Waals surface area (Å²) in [5.74, 6) is -1.31. The lowest BCUT2D eigenvalue weighted by Crippen LogP contribution is -2.51. The SMILES string of the molecule is CC(=O)NC(CNC1CC(C)(C)CC(C)(C)C1)C(=O)O. The summed E-state index contributed by atoms with van der Waals surface area (Å²) in [4.78, 5) is 22.1. The fourth-order valence-electron chi connectivity index (χ4n) is 3.72. The van der Waals surface area contributed by atoms with Gasteiger partial charge in [0.15, 0.2) is 0 Å². The average Bonchev–Trinajstić information content (AvgIpc) is 2.18. The van der Waals surface area contributed by atoms with E-state index in [0.717, 1.165) is 12.8 Å². The monoisotopic (exact) mass is 284 g/mol. The van der Waals surface area contributed by atoms with E-state index in [1.165, 1.54) is 13.3 Å². The van der Waals surface area contributed by atoms with Crippen molar-refractivity contribution < 1.29 is 14.7 Å². The molecule has 0 heterocycles. The molecule has 1 rings (SSSR count). The van der Waals surface area contributed by atoms with Crippen LogP contribution in [0.15, 0.2) is 0 Å². The van der Waals surface area contributed by atoms with Crippen molar-refractivity contribution >= 4 is 11.9 Å². The Bertz CT molecular complexity index is 361. The smallest absolute Gasteiger partial charge is 0.327 e. The number of aliphatic carboxylic acids is 1. The Morgan fingerprint density at radius 3 is 2.10 bits per heavy atom. The lowest BCUT2D eigenvalue weighted by atomic mass is 9.63. The summed E-state index contributed by atoms with van der Waals surface area (Å²) in [6.07, 6.45) is 3.23. The Morgan fingerprint density at radius 2 is 1.70 bits per heavy atom. The van der Waals surface area contributed by atoms with Gasteiger partial charge in [-0.05, 0) is 30.1 Å². The second-order valence-corrected chi connectivity index (χ2v) is 7.61. The van der Waals surface area contributed by atoms with Crippen LogP contribution in [0, 0.1) is 10.8 Å². The zero-order chi connectivity index (χ0) is 15.6. The van der Waals surface area contributed by atoms with Crippen molar-refractivity contribution in [3.05, 3.63) is 0 Å². The summed E-state index contributed by atoms with van der Waals surface area (Å²) >= 11 is 0. The topological polar surface area (TPSA) is 78.4 Å². The molecule has 20 heavy (non-hydrogen) atoms. The second-order valence-electron chi connectivity index (χ2n) is 7.61. The first-order chi connectivity index (χ1) is 9.01. The van der Waals surface area contributed by atoms with E-state index in [2.05, 4.69) is 38.3 Å². The minimum atomic E-state index is -0.998. The normalized spacial score (nSPS) is 23.1. The Kier molecular flexibility index (Phi) is 5.19. The largest absolute Gasteiger partial charge is 0.480 e. The van der Waals surface area contributed by atoms with Gasteiger partial charge in [-0.3, -0.25) is 4.79 Å². The fraction of sp³-hybridized carbons (Fsp3) is 0.867. The van der Waals surface area contributed by atoms with Crippen molar-refractivity contribution in [3.63, 3.8) is 0 Å². The van der Waals surface area contributed by atoms with Gasteiger partial charge in [0.1, 0.15) is 6.04 Å². The van der Waals surface area contributed by atoms with E-state index in [1.807, 2.05) is 0 Å². The van der Waals surface area contributed by atoms with Crippen molar-refractivity contribution in [3.8, 4) is 0 Å². The summed E-state index contributed by atoms with van der Waals surface area (Å²) in [6.45, 7) is 10.6. The summed E-state index contributed by atoms with van der Waals surface area (Å²) in [7, 11) is 0. The molecule has 1 aliphatic carbocycles. The van der Waals surface area contributed by atoms with Gasteiger partial charge in [0, 0.05) is 19.5 Å². The van der Waals surface area contributed by atoms with Crippen molar-refractivity contribution in [2.75, 3.05) is 6.54 Å². The van der Waals surface area contributed by atoms with Gasteiger partial charge >= 0.3 is 5.97 Å². The Balaban J connectivity index is 2.59. The van der Waals surface area contributed by atoms with Crippen LogP contribution in [0.4, 0.5) is 0 Å². The number of carbonyl (C=O) groups excluding carboxylic acids is 1. The third kappa shape index (κ3) is 5.49. The Labute approximate surface area is 121 Å². The summed E-state index contributed by atoms with van der Waals surface area (Å²) in [6, 6.07) is -0.565. The molecule has 0 bridgehead atoms. The molecule has 1 aliphatic rings. The number of hydrogen-bond donors (Lipinski definition) is 3. The lowest BCUT2D eigenvalue weighted by Gasteiger charge is -2.45. The minimum absolute atomic E-state index is 0.256. The van der Waals surface area contributed by atoms with Crippen LogP contribution in [0.25, 0.3) is 0 Å². The predicted octanol–water partition coefficient (Wildman–Crippen LogP) is 1.77. The zero-order valence-corrected chi connectivity index (χ0v) is 13.2. The molecule has 5 nitrogen and oxygen atoms in total. The van der Waals surface area contributed by atoms with Crippen LogP contribution in [0.3, 0.4) is 0 Å². The van der Waals surface area contributed by atoms with E-state index < -0.39 is 12.0 Å². The highest BCUT2D eigenvalue weighted by molar-refractivity contribution is 5.82. The highest BCUT2D eigenvalue weighted by Crippen LogP contribution is 2.45. The maximum Gasteiger partial charge on any atom is 0.327 e. The van der Waals surface area contributed by atoms with Crippen molar-refractivity contribution in [2.24, 2.45) is 10.8 Å². The molecule has 1 unspecified atom stereocenters. The number of amides is 1. The number of carboxylic acids is 1. The number of hydrogen-bond acceptors (Lipinski definition) is 3. The molecule has 3 N–H and O–H groups in total. The number of nitrogens with one attached hydrogen (secondary N) is 2. The molecule has 0 aromatic rings. The maximum atomic E-state index is 11.1. The molecule has 116 valence electrons. The van der Waals surface area contributed by atoms with E-state index in [1.54, 1.807) is 0 Å². The van der Waals surface area contributed by atoms with E-state index in [0.29, 0.717) is 6.04 Å². The van der Waals surface area contributed by atoms with Crippen LogP contribution in [0.1, 0.15) is 53.9 Å². The first-order valence-electron chi connectivity index (χ1n) is 7.24. The van der Waals surface area contributed by atoms with Crippen molar-refractivity contribution in [2.45, 2.75) is 66.0 Å². The first-order valence-corrected chi connectivity index (χ1v) is 7.24. The minimum Gasteiger partial charge on any atom is -0.480 e. The summed E-state index contributed by atoms with van der Waals surface area (Å²) in [5, 5.41) is 14.9. The van der Waals surface area contributed by atoms with E-state index in [9.17, 15) is 9.59 Å². The van der Waals surface area contributed by atoms with Gasteiger partial charge in [0.2, 0.25) is 5.91 Å². The standard InChI is InChI=1S/C15H28N2O3/c1-10(18)17-12(13(19)20)8-16-11-6-14(2,3)9-15(4,5)7-11/h11-12,16H,6-9H2,1-5H3,(H,17,18)(H,19,20). The van der Waals surface area contributed by atoms with Gasteiger partial charge in [-0.2, -0.15) is 0 Å². The molecule has 5 heteroatoms. The van der Waals surface area contributed by atoms with Gasteiger partial charge in [0.25, 0.3) is 0 Å².